The number of hydrogen-bond acceptors (Lipinski definition) is 3. The summed E-state index contributed by atoms with van der Waals surface area (Å²) in [6.45, 7) is 1.57. The second-order valence-corrected chi connectivity index (χ2v) is 6.98. The maximum absolute atomic E-state index is 10.8. The Bertz CT molecular complexity index is 389. The monoisotopic (exact) mass is 383 g/mol. The van der Waals surface area contributed by atoms with E-state index >= 15 is 0 Å². The Morgan fingerprint density at radius 3 is 2.47 bits per heavy atom. The molecule has 96 valence electrons. The highest BCUT2D eigenvalue weighted by Crippen LogP contribution is 2.33. The van der Waals surface area contributed by atoms with Crippen LogP contribution in [-0.2, 0) is 17.3 Å². The van der Waals surface area contributed by atoms with Crippen molar-refractivity contribution < 1.29 is 9.32 Å². The quantitative estimate of drug-likeness (QED) is 0.741. The molecule has 1 unspecified atom stereocenters. The Labute approximate surface area is 121 Å². The van der Waals surface area contributed by atoms with E-state index in [1.54, 1.807) is 6.26 Å². The van der Waals surface area contributed by atoms with Crippen molar-refractivity contribution >= 4 is 42.7 Å². The molecule has 1 rings (SSSR count). The van der Waals surface area contributed by atoms with Gasteiger partial charge in [-0.1, -0.05) is 0 Å². The fourth-order valence-electron chi connectivity index (χ4n) is 1.35. The number of benzene rings is 1. The van der Waals surface area contributed by atoms with Crippen LogP contribution < -0.4 is 5.32 Å². The lowest BCUT2D eigenvalue weighted by Crippen LogP contribution is -2.16. The van der Waals surface area contributed by atoms with Crippen molar-refractivity contribution in [2.75, 3.05) is 18.6 Å². The van der Waals surface area contributed by atoms with Crippen LogP contribution in [0.3, 0.4) is 0 Å². The van der Waals surface area contributed by atoms with Crippen LogP contribution in [0.15, 0.2) is 21.1 Å². The Balaban J connectivity index is 2.39. The van der Waals surface area contributed by atoms with Crippen LogP contribution in [0.1, 0.15) is 12.0 Å². The maximum Gasteiger partial charge on any atom is 0.143 e. The second-order valence-electron chi connectivity index (χ2n) is 3.72. The predicted octanol–water partition coefficient (Wildman–Crippen LogP) is 2.78. The average Bonchev–Trinajstić information content (AvgIpc) is 2.25. The molecule has 0 spiro atoms. The van der Waals surface area contributed by atoms with E-state index in [1.165, 1.54) is 0 Å². The zero-order valence-electron chi connectivity index (χ0n) is 9.50. The number of rotatable bonds is 6. The highest BCUT2D eigenvalue weighted by molar-refractivity contribution is 9.11. The smallest absolute Gasteiger partial charge is 0.143 e. The molecule has 0 saturated carbocycles. The van der Waals surface area contributed by atoms with Gasteiger partial charge in [0.1, 0.15) is 5.75 Å². The van der Waals surface area contributed by atoms with E-state index in [2.05, 4.69) is 37.2 Å². The van der Waals surface area contributed by atoms with Crippen molar-refractivity contribution in [3.8, 4) is 5.75 Å². The molecule has 0 radical (unpaired) electrons. The van der Waals surface area contributed by atoms with Crippen molar-refractivity contribution in [2.24, 2.45) is 0 Å². The van der Waals surface area contributed by atoms with E-state index in [4.69, 9.17) is 0 Å². The molecule has 0 heterocycles. The number of aromatic hydroxyl groups is 1. The van der Waals surface area contributed by atoms with Crippen LogP contribution in [0.4, 0.5) is 0 Å². The van der Waals surface area contributed by atoms with Gasteiger partial charge in [-0.3, -0.25) is 4.21 Å². The second kappa shape index (κ2) is 7.51. The van der Waals surface area contributed by atoms with Gasteiger partial charge in [-0.05, 0) is 62.5 Å². The summed E-state index contributed by atoms with van der Waals surface area (Å²) in [4.78, 5) is 0. The van der Waals surface area contributed by atoms with Gasteiger partial charge in [0.15, 0.2) is 0 Å². The summed E-state index contributed by atoms with van der Waals surface area (Å²) in [6, 6.07) is 3.76. The fourth-order valence-corrected chi connectivity index (χ4v) is 3.19. The number of phenols is 1. The molecule has 0 aliphatic rings. The molecule has 6 heteroatoms. The summed E-state index contributed by atoms with van der Waals surface area (Å²) in [5, 5.41) is 12.8. The third-order valence-electron chi connectivity index (χ3n) is 2.19. The van der Waals surface area contributed by atoms with Crippen molar-refractivity contribution in [1.82, 2.24) is 5.32 Å². The first-order chi connectivity index (χ1) is 8.00. The highest BCUT2D eigenvalue weighted by atomic mass is 79.9. The predicted molar refractivity (Wildman–Crippen MR) is 78.8 cm³/mol. The number of nitrogens with one attached hydrogen (secondary N) is 1. The summed E-state index contributed by atoms with van der Waals surface area (Å²) >= 11 is 6.58. The van der Waals surface area contributed by atoms with Gasteiger partial charge in [-0.25, -0.2) is 0 Å². The molecule has 1 aromatic carbocycles. The Kier molecular flexibility index (Phi) is 6.69. The summed E-state index contributed by atoms with van der Waals surface area (Å²) in [7, 11) is -0.712. The normalized spacial score (nSPS) is 12.6. The molecule has 17 heavy (non-hydrogen) atoms. The zero-order chi connectivity index (χ0) is 12.8. The molecule has 0 aliphatic carbocycles. The van der Waals surface area contributed by atoms with E-state index < -0.39 is 10.8 Å². The summed E-state index contributed by atoms with van der Waals surface area (Å²) in [6.07, 6.45) is 2.62. The summed E-state index contributed by atoms with van der Waals surface area (Å²) in [5.74, 6) is 0.950. The highest BCUT2D eigenvalue weighted by Gasteiger charge is 2.05. The average molecular weight is 385 g/mol. The molecule has 1 aromatic rings. The minimum atomic E-state index is -0.712. The molecule has 1 atom stereocenters. The molecule has 0 bridgehead atoms. The topological polar surface area (TPSA) is 49.3 Å². The zero-order valence-corrected chi connectivity index (χ0v) is 13.5. The van der Waals surface area contributed by atoms with Crippen LogP contribution >= 0.6 is 31.9 Å². The van der Waals surface area contributed by atoms with E-state index in [0.717, 1.165) is 30.8 Å². The first-order valence-electron chi connectivity index (χ1n) is 5.18. The number of hydrogen-bond donors (Lipinski definition) is 2. The SMILES string of the molecule is CS(=O)CCCNCc1cc(Br)c(O)c(Br)c1. The van der Waals surface area contributed by atoms with Crippen molar-refractivity contribution in [3.63, 3.8) is 0 Å². The molecule has 0 aromatic heterocycles. The van der Waals surface area contributed by atoms with Crippen molar-refractivity contribution in [2.45, 2.75) is 13.0 Å². The van der Waals surface area contributed by atoms with Crippen LogP contribution in [0.25, 0.3) is 0 Å². The van der Waals surface area contributed by atoms with Gasteiger partial charge in [0.25, 0.3) is 0 Å². The first kappa shape index (κ1) is 15.1. The van der Waals surface area contributed by atoms with Gasteiger partial charge in [-0.2, -0.15) is 0 Å². The maximum atomic E-state index is 10.8. The third-order valence-corrected chi connectivity index (χ3v) is 4.26. The van der Waals surface area contributed by atoms with Crippen molar-refractivity contribution in [3.05, 3.63) is 26.6 Å². The molecule has 0 aliphatic heterocycles. The number of phenolic OH excluding ortho intramolecular Hbond substituents is 1. The summed E-state index contributed by atoms with van der Waals surface area (Å²) < 4.78 is 12.2. The van der Waals surface area contributed by atoms with Crippen molar-refractivity contribution in [1.29, 1.82) is 0 Å². The molecule has 0 amide bonds. The minimum Gasteiger partial charge on any atom is -0.506 e. The van der Waals surface area contributed by atoms with Gasteiger partial charge in [0, 0.05) is 29.4 Å². The lowest BCUT2D eigenvalue weighted by molar-refractivity contribution is 0.468. The summed E-state index contributed by atoms with van der Waals surface area (Å²) in [5.41, 5.74) is 1.08. The van der Waals surface area contributed by atoms with Gasteiger partial charge >= 0.3 is 0 Å². The standard InChI is InChI=1S/C11H15Br2NO2S/c1-17(16)4-2-3-14-7-8-5-9(12)11(15)10(13)6-8/h5-6,14-15H,2-4,7H2,1H3. The Morgan fingerprint density at radius 2 is 1.94 bits per heavy atom. The first-order valence-corrected chi connectivity index (χ1v) is 8.49. The molecule has 3 nitrogen and oxygen atoms in total. The van der Waals surface area contributed by atoms with E-state index in [9.17, 15) is 9.32 Å². The minimum absolute atomic E-state index is 0.218. The molecular weight excluding hydrogens is 370 g/mol. The lowest BCUT2D eigenvalue weighted by Gasteiger charge is -2.07. The van der Waals surface area contributed by atoms with Gasteiger partial charge in [0.05, 0.1) is 8.95 Å². The third kappa shape index (κ3) is 5.50. The Morgan fingerprint density at radius 1 is 1.35 bits per heavy atom. The Hall–Kier alpha value is 0.0900. The molecule has 0 saturated heterocycles. The molecule has 0 fully saturated rings. The van der Waals surface area contributed by atoms with E-state index in [0.29, 0.717) is 8.95 Å². The van der Waals surface area contributed by atoms with Gasteiger partial charge in [-0.15, -0.1) is 0 Å². The molecule has 2 N–H and O–H groups in total. The molecular formula is C11H15Br2NO2S. The van der Waals surface area contributed by atoms with E-state index in [1.807, 2.05) is 12.1 Å². The van der Waals surface area contributed by atoms with Gasteiger partial charge < -0.3 is 10.4 Å². The number of halogens is 2. The van der Waals surface area contributed by atoms with Crippen LogP contribution in [0, 0.1) is 0 Å². The van der Waals surface area contributed by atoms with Crippen LogP contribution in [-0.4, -0.2) is 27.9 Å². The van der Waals surface area contributed by atoms with E-state index in [-0.39, 0.29) is 5.75 Å². The largest absolute Gasteiger partial charge is 0.506 e. The van der Waals surface area contributed by atoms with Gasteiger partial charge in [0.2, 0.25) is 0 Å². The van der Waals surface area contributed by atoms with Crippen LogP contribution in [0.5, 0.6) is 5.75 Å². The fraction of sp³-hybridized carbons (Fsp3) is 0.455. The van der Waals surface area contributed by atoms with Crippen LogP contribution in [0.2, 0.25) is 0 Å². The lowest BCUT2D eigenvalue weighted by atomic mass is 10.2.